The molecule has 0 saturated carbocycles. The minimum Gasteiger partial charge on any atom is -0.868 e. The molecule has 0 aliphatic rings. The van der Waals surface area contributed by atoms with Crippen LogP contribution in [0.4, 0.5) is 10.1 Å². The monoisotopic (exact) mass is 332 g/mol. The van der Waals surface area contributed by atoms with Gasteiger partial charge in [-0.3, -0.25) is 14.9 Å². The van der Waals surface area contributed by atoms with E-state index in [0.29, 0.717) is 0 Å². The number of hydrogen-bond donors (Lipinski definition) is 1. The van der Waals surface area contributed by atoms with E-state index in [1.54, 1.807) is 0 Å². The number of carbonyl (C=O) groups is 1. The van der Waals surface area contributed by atoms with Crippen molar-refractivity contribution in [3.05, 3.63) is 64.0 Å². The van der Waals surface area contributed by atoms with Gasteiger partial charge in [0.05, 0.1) is 11.1 Å². The Morgan fingerprint density at radius 3 is 2.83 bits per heavy atom. The summed E-state index contributed by atoms with van der Waals surface area (Å²) in [6, 6.07) is 8.70. The average molecular weight is 332 g/mol. The Kier molecular flexibility index (Phi) is 5.40. The molecular formula is C15H11FN3O5-. The second-order valence-corrected chi connectivity index (χ2v) is 4.52. The third-order valence-corrected chi connectivity index (χ3v) is 2.75. The number of hydrazone groups is 1. The molecule has 24 heavy (non-hydrogen) atoms. The summed E-state index contributed by atoms with van der Waals surface area (Å²) in [6.45, 7) is -0.388. The molecule has 0 radical (unpaired) electrons. The number of carbonyl (C=O) groups excluding carboxylic acids is 1. The smallest absolute Gasteiger partial charge is 0.277 e. The van der Waals surface area contributed by atoms with Gasteiger partial charge in [-0.15, -0.1) is 0 Å². The first-order valence-corrected chi connectivity index (χ1v) is 6.61. The van der Waals surface area contributed by atoms with Crippen molar-refractivity contribution in [2.24, 2.45) is 5.10 Å². The number of nitrogens with one attached hydrogen (secondary N) is 1. The van der Waals surface area contributed by atoms with Gasteiger partial charge in [-0.25, -0.2) is 9.82 Å². The second kappa shape index (κ2) is 7.68. The molecule has 0 unspecified atom stereocenters. The van der Waals surface area contributed by atoms with Crippen LogP contribution in [0, 0.1) is 15.9 Å². The van der Waals surface area contributed by atoms with E-state index < -0.39 is 28.1 Å². The molecule has 0 fully saturated rings. The van der Waals surface area contributed by atoms with Gasteiger partial charge in [0.1, 0.15) is 11.6 Å². The van der Waals surface area contributed by atoms with Gasteiger partial charge < -0.3 is 9.84 Å². The van der Waals surface area contributed by atoms with Crippen molar-refractivity contribution in [2.75, 3.05) is 6.61 Å². The maximum Gasteiger partial charge on any atom is 0.277 e. The molecule has 0 heterocycles. The summed E-state index contributed by atoms with van der Waals surface area (Å²) in [4.78, 5) is 21.4. The van der Waals surface area contributed by atoms with E-state index in [2.05, 4.69) is 10.5 Å². The van der Waals surface area contributed by atoms with Gasteiger partial charge in [0, 0.05) is 17.7 Å². The van der Waals surface area contributed by atoms with Crippen LogP contribution >= 0.6 is 0 Å². The van der Waals surface area contributed by atoms with Gasteiger partial charge in [-0.05, 0) is 17.9 Å². The van der Waals surface area contributed by atoms with Gasteiger partial charge >= 0.3 is 0 Å². The number of nitro groups is 1. The third-order valence-electron chi connectivity index (χ3n) is 2.75. The van der Waals surface area contributed by atoms with Crippen molar-refractivity contribution in [1.82, 2.24) is 5.43 Å². The highest BCUT2D eigenvalue weighted by Gasteiger charge is 2.07. The Bertz CT molecular complexity index is 794. The second-order valence-electron chi connectivity index (χ2n) is 4.52. The fraction of sp³-hybridized carbons (Fsp3) is 0.0667. The van der Waals surface area contributed by atoms with Gasteiger partial charge in [0.2, 0.25) is 0 Å². The highest BCUT2D eigenvalue weighted by Crippen LogP contribution is 2.22. The van der Waals surface area contributed by atoms with E-state index in [-0.39, 0.29) is 17.9 Å². The molecule has 0 aliphatic heterocycles. The van der Waals surface area contributed by atoms with Crippen LogP contribution in [-0.4, -0.2) is 23.7 Å². The molecule has 0 spiro atoms. The fourth-order valence-electron chi connectivity index (χ4n) is 1.67. The molecule has 1 N–H and O–H groups in total. The summed E-state index contributed by atoms with van der Waals surface area (Å²) in [5.74, 6) is -1.62. The van der Waals surface area contributed by atoms with Crippen molar-refractivity contribution < 1.29 is 24.0 Å². The summed E-state index contributed by atoms with van der Waals surface area (Å²) in [5.41, 5.74) is 1.83. The molecule has 0 aliphatic carbocycles. The SMILES string of the molecule is O=C(COc1cccc(F)c1)N/N=C\c1ccc([O-])c([N+](=O)[O-])c1. The summed E-state index contributed by atoms with van der Waals surface area (Å²) in [5, 5.41) is 25.5. The zero-order valence-corrected chi connectivity index (χ0v) is 12.1. The molecule has 8 nitrogen and oxygen atoms in total. The average Bonchev–Trinajstić information content (AvgIpc) is 2.54. The Balaban J connectivity index is 1.88. The number of nitrogens with zero attached hydrogens (tertiary/aromatic N) is 2. The summed E-state index contributed by atoms with van der Waals surface area (Å²) >= 11 is 0. The van der Waals surface area contributed by atoms with Crippen LogP contribution in [0.15, 0.2) is 47.6 Å². The zero-order chi connectivity index (χ0) is 17.5. The van der Waals surface area contributed by atoms with Gasteiger partial charge in [0.15, 0.2) is 6.61 Å². The highest BCUT2D eigenvalue weighted by atomic mass is 19.1. The quantitative estimate of drug-likeness (QED) is 0.486. The summed E-state index contributed by atoms with van der Waals surface area (Å²) in [7, 11) is 0. The number of halogens is 1. The molecule has 0 bridgehead atoms. The molecule has 0 aromatic heterocycles. The highest BCUT2D eigenvalue weighted by molar-refractivity contribution is 5.84. The van der Waals surface area contributed by atoms with Crippen LogP contribution in [-0.2, 0) is 4.79 Å². The van der Waals surface area contributed by atoms with Crippen molar-refractivity contribution in [2.45, 2.75) is 0 Å². The van der Waals surface area contributed by atoms with Crippen molar-refractivity contribution >= 4 is 17.8 Å². The summed E-state index contributed by atoms with van der Waals surface area (Å²) in [6.07, 6.45) is 1.15. The van der Waals surface area contributed by atoms with Crippen molar-refractivity contribution in [3.63, 3.8) is 0 Å². The number of amides is 1. The van der Waals surface area contributed by atoms with E-state index in [4.69, 9.17) is 4.74 Å². The standard InChI is InChI=1S/C15H12FN3O5/c16-11-2-1-3-12(7-11)24-9-15(21)18-17-8-10-4-5-14(20)13(6-10)19(22)23/h1-8,20H,9H2,(H,18,21)/p-1/b17-8-. The number of ether oxygens (including phenoxy) is 1. The van der Waals surface area contributed by atoms with Crippen LogP contribution < -0.4 is 15.3 Å². The lowest BCUT2D eigenvalue weighted by atomic mass is 10.2. The minimum atomic E-state index is -0.801. The van der Waals surface area contributed by atoms with Gasteiger partial charge in [-0.2, -0.15) is 5.10 Å². The normalized spacial score (nSPS) is 10.5. The minimum absolute atomic E-state index is 0.191. The predicted octanol–water partition coefficient (Wildman–Crippen LogP) is 1.34. The lowest BCUT2D eigenvalue weighted by molar-refractivity contribution is -0.398. The number of benzene rings is 2. The first kappa shape index (κ1) is 16.9. The van der Waals surface area contributed by atoms with Crippen LogP contribution in [0.1, 0.15) is 5.56 Å². The largest absolute Gasteiger partial charge is 0.868 e. The van der Waals surface area contributed by atoms with Gasteiger partial charge in [0.25, 0.3) is 11.6 Å². The molecule has 2 aromatic rings. The van der Waals surface area contributed by atoms with E-state index in [0.717, 1.165) is 24.4 Å². The predicted molar refractivity (Wildman–Crippen MR) is 80.2 cm³/mol. The first-order chi connectivity index (χ1) is 11.5. The molecule has 1 amide bonds. The van der Waals surface area contributed by atoms with E-state index in [1.807, 2.05) is 0 Å². The van der Waals surface area contributed by atoms with Gasteiger partial charge in [-0.1, -0.05) is 18.2 Å². The number of nitro benzene ring substituents is 1. The molecular weight excluding hydrogens is 321 g/mol. The summed E-state index contributed by atoms with van der Waals surface area (Å²) < 4.78 is 18.0. The molecule has 2 aromatic carbocycles. The Labute approximate surface area is 135 Å². The van der Waals surface area contributed by atoms with Crippen LogP contribution in [0.25, 0.3) is 0 Å². The lowest BCUT2D eigenvalue weighted by Gasteiger charge is -2.06. The molecule has 124 valence electrons. The van der Waals surface area contributed by atoms with Crippen LogP contribution in [0.3, 0.4) is 0 Å². The zero-order valence-electron chi connectivity index (χ0n) is 12.1. The van der Waals surface area contributed by atoms with E-state index in [9.17, 15) is 24.4 Å². The van der Waals surface area contributed by atoms with Crippen LogP contribution in [0.2, 0.25) is 0 Å². The molecule has 0 saturated heterocycles. The Morgan fingerprint density at radius 1 is 1.33 bits per heavy atom. The first-order valence-electron chi connectivity index (χ1n) is 6.61. The molecule has 2 rings (SSSR count). The molecule has 0 atom stereocenters. The Morgan fingerprint density at radius 2 is 2.12 bits per heavy atom. The number of rotatable bonds is 6. The van der Waals surface area contributed by atoms with E-state index >= 15 is 0 Å². The van der Waals surface area contributed by atoms with Crippen molar-refractivity contribution in [3.8, 4) is 11.5 Å². The molecule has 9 heteroatoms. The maximum absolute atomic E-state index is 12.9. The topological polar surface area (TPSA) is 117 Å². The van der Waals surface area contributed by atoms with E-state index in [1.165, 1.54) is 24.3 Å². The number of hydrogen-bond acceptors (Lipinski definition) is 6. The third kappa shape index (κ3) is 4.77. The Hall–Kier alpha value is -3.49. The maximum atomic E-state index is 12.9. The van der Waals surface area contributed by atoms with Crippen molar-refractivity contribution in [1.29, 1.82) is 0 Å². The lowest BCUT2D eigenvalue weighted by Crippen LogP contribution is -2.24. The van der Waals surface area contributed by atoms with Crippen LogP contribution in [0.5, 0.6) is 11.5 Å². The fourth-order valence-corrected chi connectivity index (χ4v) is 1.67.